The largest absolute Gasteiger partial charge is 0.330 e. The number of nitrogens with two attached hydrogens (primary N) is 1. The first-order chi connectivity index (χ1) is 9.88. The highest BCUT2D eigenvalue weighted by Gasteiger charge is 2.12. The van der Waals surface area contributed by atoms with Gasteiger partial charge in [-0.25, -0.2) is 0 Å². The zero-order valence-corrected chi connectivity index (χ0v) is 11.4. The first-order valence-corrected chi connectivity index (χ1v) is 6.96. The van der Waals surface area contributed by atoms with Crippen LogP contribution >= 0.6 is 0 Å². The highest BCUT2D eigenvalue weighted by molar-refractivity contribution is 5.82. The number of benzene rings is 2. The van der Waals surface area contributed by atoms with Gasteiger partial charge in [-0.15, -0.1) is 0 Å². The molecule has 100 valence electrons. The van der Waals surface area contributed by atoms with Gasteiger partial charge < -0.3 is 5.73 Å². The van der Waals surface area contributed by atoms with Crippen LogP contribution in [0.25, 0.3) is 10.9 Å². The van der Waals surface area contributed by atoms with E-state index in [2.05, 4.69) is 53.5 Å². The lowest BCUT2D eigenvalue weighted by molar-refractivity contribution is 0.697. The fourth-order valence-corrected chi connectivity index (χ4v) is 2.67. The monoisotopic (exact) mass is 262 g/mol. The maximum Gasteiger partial charge on any atom is 0.0704 e. The first-order valence-electron chi connectivity index (χ1n) is 6.96. The molecule has 1 aromatic heterocycles. The Bertz CT molecular complexity index is 687. The third-order valence-electron chi connectivity index (χ3n) is 3.76. The molecule has 0 fully saturated rings. The zero-order valence-electron chi connectivity index (χ0n) is 11.4. The lowest BCUT2D eigenvalue weighted by Gasteiger charge is -2.16. The van der Waals surface area contributed by atoms with Crippen molar-refractivity contribution in [3.05, 3.63) is 78.0 Å². The van der Waals surface area contributed by atoms with Crippen molar-refractivity contribution in [3.8, 4) is 0 Å². The van der Waals surface area contributed by atoms with Crippen LogP contribution in [0.1, 0.15) is 17.0 Å². The van der Waals surface area contributed by atoms with Gasteiger partial charge in [0.15, 0.2) is 0 Å². The maximum absolute atomic E-state index is 5.98. The van der Waals surface area contributed by atoms with Gasteiger partial charge in [0.2, 0.25) is 0 Å². The predicted octanol–water partition coefficient (Wildman–Crippen LogP) is 3.52. The quantitative estimate of drug-likeness (QED) is 0.781. The molecular formula is C18H18N2. The van der Waals surface area contributed by atoms with Crippen molar-refractivity contribution >= 4 is 10.9 Å². The number of fused-ring (bicyclic) bond motifs is 1. The highest BCUT2D eigenvalue weighted by atomic mass is 14.6. The van der Waals surface area contributed by atoms with Crippen molar-refractivity contribution < 1.29 is 0 Å². The van der Waals surface area contributed by atoms with Crippen LogP contribution in [0.4, 0.5) is 0 Å². The third-order valence-corrected chi connectivity index (χ3v) is 3.76. The van der Waals surface area contributed by atoms with Crippen LogP contribution in [0.3, 0.4) is 0 Å². The summed E-state index contributed by atoms with van der Waals surface area (Å²) in [6.07, 6.45) is 2.78. The van der Waals surface area contributed by atoms with Gasteiger partial charge in [-0.2, -0.15) is 0 Å². The molecule has 1 unspecified atom stereocenters. The summed E-state index contributed by atoms with van der Waals surface area (Å²) in [6, 6.07) is 20.9. The number of pyridine rings is 1. The van der Waals surface area contributed by atoms with E-state index in [1.807, 2.05) is 18.3 Å². The topological polar surface area (TPSA) is 38.9 Å². The number of aromatic nitrogens is 1. The fraction of sp³-hybridized carbons (Fsp3) is 0.167. The van der Waals surface area contributed by atoms with Crippen LogP contribution < -0.4 is 5.73 Å². The van der Waals surface area contributed by atoms with E-state index in [1.165, 1.54) is 16.5 Å². The summed E-state index contributed by atoms with van der Waals surface area (Å²) >= 11 is 0. The average Bonchev–Trinajstić information content (AvgIpc) is 2.53. The van der Waals surface area contributed by atoms with Gasteiger partial charge in [-0.1, -0.05) is 48.5 Å². The first kappa shape index (κ1) is 12.8. The summed E-state index contributed by atoms with van der Waals surface area (Å²) in [4.78, 5) is 4.42. The molecule has 0 aliphatic rings. The Hall–Kier alpha value is -2.19. The number of hydrogen-bond donors (Lipinski definition) is 1. The molecule has 3 aromatic rings. The van der Waals surface area contributed by atoms with Gasteiger partial charge >= 0.3 is 0 Å². The second-order valence-electron chi connectivity index (χ2n) is 5.03. The summed E-state index contributed by atoms with van der Waals surface area (Å²) in [5.41, 5.74) is 9.65. The predicted molar refractivity (Wildman–Crippen MR) is 83.7 cm³/mol. The molecule has 0 aliphatic heterocycles. The van der Waals surface area contributed by atoms with Crippen molar-refractivity contribution in [2.24, 2.45) is 5.73 Å². The molecule has 0 saturated heterocycles. The molecule has 2 aromatic carbocycles. The molecule has 0 radical (unpaired) electrons. The maximum atomic E-state index is 5.98. The molecule has 2 heteroatoms. The van der Waals surface area contributed by atoms with Gasteiger partial charge in [-0.3, -0.25) is 4.98 Å². The summed E-state index contributed by atoms with van der Waals surface area (Å²) < 4.78 is 0. The average molecular weight is 262 g/mol. The minimum absolute atomic E-state index is 0.349. The fourth-order valence-electron chi connectivity index (χ4n) is 2.67. The van der Waals surface area contributed by atoms with E-state index in [0.29, 0.717) is 12.5 Å². The molecule has 1 heterocycles. The summed E-state index contributed by atoms with van der Waals surface area (Å²) in [6.45, 7) is 0.653. The molecule has 20 heavy (non-hydrogen) atoms. The molecule has 1 atom stereocenters. The van der Waals surface area contributed by atoms with E-state index >= 15 is 0 Å². The van der Waals surface area contributed by atoms with E-state index in [1.54, 1.807) is 0 Å². The Kier molecular flexibility index (Phi) is 3.75. The minimum Gasteiger partial charge on any atom is -0.330 e. The van der Waals surface area contributed by atoms with Gasteiger partial charge in [0, 0.05) is 17.5 Å². The Morgan fingerprint density at radius 2 is 1.75 bits per heavy atom. The number of nitrogens with zero attached hydrogens (tertiary/aromatic N) is 1. The summed E-state index contributed by atoms with van der Waals surface area (Å²) in [5, 5.41) is 1.23. The van der Waals surface area contributed by atoms with Crippen LogP contribution in [0.15, 0.2) is 66.9 Å². The summed E-state index contributed by atoms with van der Waals surface area (Å²) in [7, 11) is 0. The zero-order chi connectivity index (χ0) is 13.8. The lowest BCUT2D eigenvalue weighted by atomic mass is 9.90. The number of hydrogen-bond acceptors (Lipinski definition) is 2. The molecule has 0 amide bonds. The van der Waals surface area contributed by atoms with E-state index in [9.17, 15) is 0 Å². The van der Waals surface area contributed by atoms with Crippen LogP contribution in [0.5, 0.6) is 0 Å². The molecule has 0 spiro atoms. The van der Waals surface area contributed by atoms with Crippen molar-refractivity contribution in [3.63, 3.8) is 0 Å². The van der Waals surface area contributed by atoms with Gasteiger partial charge in [0.25, 0.3) is 0 Å². The normalized spacial score (nSPS) is 12.4. The smallest absolute Gasteiger partial charge is 0.0704 e. The standard InChI is InChI=1S/C18H18N2/c19-13-16(14-6-2-1-3-7-14)12-15-8-4-10-18-17(15)9-5-11-20-18/h1-11,16H,12-13,19H2. The van der Waals surface area contributed by atoms with Crippen molar-refractivity contribution in [1.29, 1.82) is 0 Å². The minimum atomic E-state index is 0.349. The number of rotatable bonds is 4. The van der Waals surface area contributed by atoms with Crippen LogP contribution in [0, 0.1) is 0 Å². The van der Waals surface area contributed by atoms with Crippen LogP contribution in [-0.2, 0) is 6.42 Å². The Labute approximate surface area is 119 Å². The molecule has 0 bridgehead atoms. The second kappa shape index (κ2) is 5.85. The lowest BCUT2D eigenvalue weighted by Crippen LogP contribution is -2.15. The van der Waals surface area contributed by atoms with E-state index < -0.39 is 0 Å². The van der Waals surface area contributed by atoms with Crippen molar-refractivity contribution in [2.45, 2.75) is 12.3 Å². The molecule has 2 nitrogen and oxygen atoms in total. The summed E-state index contributed by atoms with van der Waals surface area (Å²) in [5.74, 6) is 0.349. The third kappa shape index (κ3) is 2.56. The van der Waals surface area contributed by atoms with E-state index in [-0.39, 0.29) is 0 Å². The molecule has 0 saturated carbocycles. The van der Waals surface area contributed by atoms with E-state index in [0.717, 1.165) is 11.9 Å². The van der Waals surface area contributed by atoms with Gasteiger partial charge in [0.05, 0.1) is 5.52 Å². The van der Waals surface area contributed by atoms with Crippen molar-refractivity contribution in [1.82, 2.24) is 4.98 Å². The molecule has 3 rings (SSSR count). The Morgan fingerprint density at radius 3 is 2.55 bits per heavy atom. The second-order valence-corrected chi connectivity index (χ2v) is 5.03. The Balaban J connectivity index is 1.96. The van der Waals surface area contributed by atoms with Gasteiger partial charge in [0.1, 0.15) is 0 Å². The highest BCUT2D eigenvalue weighted by Crippen LogP contribution is 2.24. The molecule has 0 aliphatic carbocycles. The van der Waals surface area contributed by atoms with Crippen LogP contribution in [-0.4, -0.2) is 11.5 Å². The van der Waals surface area contributed by atoms with Crippen LogP contribution in [0.2, 0.25) is 0 Å². The SMILES string of the molecule is NCC(Cc1cccc2ncccc12)c1ccccc1. The van der Waals surface area contributed by atoms with E-state index in [4.69, 9.17) is 5.73 Å². The van der Waals surface area contributed by atoms with Gasteiger partial charge in [-0.05, 0) is 36.2 Å². The molecule has 2 N–H and O–H groups in total. The Morgan fingerprint density at radius 1 is 0.900 bits per heavy atom. The molecular weight excluding hydrogens is 244 g/mol. The van der Waals surface area contributed by atoms with Crippen molar-refractivity contribution in [2.75, 3.05) is 6.54 Å².